The average molecular weight is 352 g/mol. The molecule has 0 unspecified atom stereocenters. The lowest BCUT2D eigenvalue weighted by Crippen LogP contribution is -2.14. The number of amides is 1. The summed E-state index contributed by atoms with van der Waals surface area (Å²) in [6.07, 6.45) is 1.99. The SMILES string of the molecule is O=C(Cc1ccccc1)Nc1ccc(NCc2ccc(Cl)cc2)nc1. The van der Waals surface area contributed by atoms with E-state index in [-0.39, 0.29) is 5.91 Å². The third-order valence-electron chi connectivity index (χ3n) is 3.64. The van der Waals surface area contributed by atoms with Gasteiger partial charge in [-0.15, -0.1) is 0 Å². The lowest BCUT2D eigenvalue weighted by atomic mass is 10.1. The number of nitrogens with one attached hydrogen (secondary N) is 2. The fourth-order valence-electron chi connectivity index (χ4n) is 2.35. The zero-order valence-electron chi connectivity index (χ0n) is 13.6. The number of pyridine rings is 1. The van der Waals surface area contributed by atoms with Gasteiger partial charge in [0.2, 0.25) is 5.91 Å². The maximum Gasteiger partial charge on any atom is 0.228 e. The summed E-state index contributed by atoms with van der Waals surface area (Å²) in [4.78, 5) is 16.4. The molecule has 0 aliphatic heterocycles. The Kier molecular flexibility index (Phi) is 5.65. The van der Waals surface area contributed by atoms with Crippen molar-refractivity contribution in [2.24, 2.45) is 0 Å². The van der Waals surface area contributed by atoms with Gasteiger partial charge in [0.1, 0.15) is 5.82 Å². The highest BCUT2D eigenvalue weighted by Crippen LogP contribution is 2.13. The van der Waals surface area contributed by atoms with E-state index < -0.39 is 0 Å². The summed E-state index contributed by atoms with van der Waals surface area (Å²) in [5.74, 6) is 0.686. The fraction of sp³-hybridized carbons (Fsp3) is 0.100. The molecule has 1 amide bonds. The molecule has 4 nitrogen and oxygen atoms in total. The van der Waals surface area contributed by atoms with E-state index in [1.165, 1.54) is 0 Å². The monoisotopic (exact) mass is 351 g/mol. The molecule has 1 aromatic heterocycles. The number of aromatic nitrogens is 1. The third kappa shape index (κ3) is 5.33. The van der Waals surface area contributed by atoms with Gasteiger partial charge in [-0.3, -0.25) is 4.79 Å². The fourth-order valence-corrected chi connectivity index (χ4v) is 2.48. The Hall–Kier alpha value is -2.85. The van der Waals surface area contributed by atoms with Crippen LogP contribution in [-0.4, -0.2) is 10.9 Å². The Labute approximate surface area is 151 Å². The molecule has 0 spiro atoms. The summed E-state index contributed by atoms with van der Waals surface area (Å²) < 4.78 is 0. The van der Waals surface area contributed by atoms with Gasteiger partial charge in [0, 0.05) is 11.6 Å². The van der Waals surface area contributed by atoms with Gasteiger partial charge in [0.25, 0.3) is 0 Å². The predicted octanol–water partition coefficient (Wildman–Crippen LogP) is 4.53. The van der Waals surface area contributed by atoms with Gasteiger partial charge in [0.15, 0.2) is 0 Å². The molecular formula is C20H18ClN3O. The van der Waals surface area contributed by atoms with Gasteiger partial charge in [0.05, 0.1) is 18.3 Å². The van der Waals surface area contributed by atoms with Crippen LogP contribution in [0.25, 0.3) is 0 Å². The van der Waals surface area contributed by atoms with E-state index in [0.29, 0.717) is 18.7 Å². The molecule has 2 aromatic carbocycles. The van der Waals surface area contributed by atoms with Crippen LogP contribution in [0.1, 0.15) is 11.1 Å². The van der Waals surface area contributed by atoms with Crippen molar-refractivity contribution in [1.82, 2.24) is 4.98 Å². The van der Waals surface area contributed by atoms with Crippen LogP contribution in [0.15, 0.2) is 72.9 Å². The summed E-state index contributed by atoms with van der Waals surface area (Å²) in [6, 6.07) is 21.0. The molecule has 0 radical (unpaired) electrons. The first-order valence-corrected chi connectivity index (χ1v) is 8.35. The number of carbonyl (C=O) groups excluding carboxylic acids is 1. The van der Waals surface area contributed by atoms with Crippen molar-refractivity contribution in [3.63, 3.8) is 0 Å². The van der Waals surface area contributed by atoms with Gasteiger partial charge in [-0.2, -0.15) is 0 Å². The molecule has 3 rings (SSSR count). The van der Waals surface area contributed by atoms with Crippen LogP contribution < -0.4 is 10.6 Å². The second-order valence-electron chi connectivity index (χ2n) is 5.62. The second-order valence-corrected chi connectivity index (χ2v) is 6.06. The van der Waals surface area contributed by atoms with Crippen LogP contribution in [0.5, 0.6) is 0 Å². The van der Waals surface area contributed by atoms with Crippen LogP contribution in [0, 0.1) is 0 Å². The zero-order valence-corrected chi connectivity index (χ0v) is 14.3. The number of hydrogen-bond acceptors (Lipinski definition) is 3. The van der Waals surface area contributed by atoms with Gasteiger partial charge >= 0.3 is 0 Å². The highest BCUT2D eigenvalue weighted by molar-refractivity contribution is 6.30. The van der Waals surface area contributed by atoms with Crippen molar-refractivity contribution in [1.29, 1.82) is 0 Å². The Morgan fingerprint density at radius 3 is 2.36 bits per heavy atom. The molecule has 0 aliphatic rings. The molecule has 0 fully saturated rings. The summed E-state index contributed by atoms with van der Waals surface area (Å²) in [6.45, 7) is 0.657. The average Bonchev–Trinajstić information content (AvgIpc) is 2.63. The number of rotatable bonds is 6. The van der Waals surface area contributed by atoms with Crippen LogP contribution in [0.3, 0.4) is 0 Å². The summed E-state index contributed by atoms with van der Waals surface area (Å²) in [5.41, 5.74) is 2.78. The predicted molar refractivity (Wildman–Crippen MR) is 102 cm³/mol. The third-order valence-corrected chi connectivity index (χ3v) is 3.89. The Bertz CT molecular complexity index is 818. The van der Waals surface area contributed by atoms with Crippen molar-refractivity contribution in [3.8, 4) is 0 Å². The molecule has 0 saturated heterocycles. The van der Waals surface area contributed by atoms with Crippen molar-refractivity contribution < 1.29 is 4.79 Å². The van der Waals surface area contributed by atoms with Gasteiger partial charge in [-0.25, -0.2) is 4.98 Å². The van der Waals surface area contributed by atoms with Crippen molar-refractivity contribution in [2.45, 2.75) is 13.0 Å². The molecule has 3 aromatic rings. The quantitative estimate of drug-likeness (QED) is 0.686. The van der Waals surface area contributed by atoms with Gasteiger partial charge < -0.3 is 10.6 Å². The largest absolute Gasteiger partial charge is 0.366 e. The lowest BCUT2D eigenvalue weighted by Gasteiger charge is -2.08. The van der Waals surface area contributed by atoms with Gasteiger partial charge in [-0.05, 0) is 35.4 Å². The first kappa shape index (κ1) is 17.0. The highest BCUT2D eigenvalue weighted by atomic mass is 35.5. The molecule has 2 N–H and O–H groups in total. The number of anilines is 2. The number of benzene rings is 2. The minimum Gasteiger partial charge on any atom is -0.366 e. The van der Waals surface area contributed by atoms with E-state index in [2.05, 4.69) is 15.6 Å². The molecule has 0 aliphatic carbocycles. The lowest BCUT2D eigenvalue weighted by molar-refractivity contribution is -0.115. The van der Waals surface area contributed by atoms with Crippen LogP contribution in [0.4, 0.5) is 11.5 Å². The first-order chi connectivity index (χ1) is 12.2. The van der Waals surface area contributed by atoms with Crippen molar-refractivity contribution >= 4 is 29.0 Å². The van der Waals surface area contributed by atoms with E-state index in [9.17, 15) is 4.79 Å². The molecule has 1 heterocycles. The number of nitrogens with zero attached hydrogens (tertiary/aromatic N) is 1. The van der Waals surface area contributed by atoms with E-state index in [4.69, 9.17) is 11.6 Å². The minimum absolute atomic E-state index is 0.0603. The molecule has 0 atom stereocenters. The Morgan fingerprint density at radius 1 is 0.920 bits per heavy atom. The Morgan fingerprint density at radius 2 is 1.68 bits per heavy atom. The topological polar surface area (TPSA) is 54.0 Å². The summed E-state index contributed by atoms with van der Waals surface area (Å²) >= 11 is 5.87. The van der Waals surface area contributed by atoms with Crippen molar-refractivity contribution in [3.05, 3.63) is 89.1 Å². The molecular weight excluding hydrogens is 334 g/mol. The van der Waals surface area contributed by atoms with E-state index in [1.807, 2.05) is 66.7 Å². The standard InChI is InChI=1S/C20H18ClN3O/c21-17-8-6-16(7-9-17)13-22-19-11-10-18(14-23-19)24-20(25)12-15-4-2-1-3-5-15/h1-11,14H,12-13H2,(H,22,23)(H,24,25). The first-order valence-electron chi connectivity index (χ1n) is 7.97. The number of halogens is 1. The van der Waals surface area contributed by atoms with E-state index >= 15 is 0 Å². The maximum absolute atomic E-state index is 12.0. The molecule has 0 saturated carbocycles. The van der Waals surface area contributed by atoms with Crippen molar-refractivity contribution in [2.75, 3.05) is 10.6 Å². The molecule has 126 valence electrons. The zero-order chi connectivity index (χ0) is 17.5. The molecule has 25 heavy (non-hydrogen) atoms. The van der Waals surface area contributed by atoms with Crippen LogP contribution in [-0.2, 0) is 17.8 Å². The summed E-state index contributed by atoms with van der Waals surface area (Å²) in [7, 11) is 0. The second kappa shape index (κ2) is 8.31. The molecule has 0 bridgehead atoms. The summed E-state index contributed by atoms with van der Waals surface area (Å²) in [5, 5.41) is 6.81. The van der Waals surface area contributed by atoms with Crippen LogP contribution >= 0.6 is 11.6 Å². The normalized spacial score (nSPS) is 10.3. The highest BCUT2D eigenvalue weighted by Gasteiger charge is 2.04. The molecule has 5 heteroatoms. The Balaban J connectivity index is 1.51. The van der Waals surface area contributed by atoms with Gasteiger partial charge in [-0.1, -0.05) is 54.1 Å². The number of carbonyl (C=O) groups is 1. The van der Waals surface area contributed by atoms with E-state index in [0.717, 1.165) is 22.0 Å². The number of hydrogen-bond donors (Lipinski definition) is 2. The van der Waals surface area contributed by atoms with Crippen LogP contribution in [0.2, 0.25) is 5.02 Å². The maximum atomic E-state index is 12.0. The smallest absolute Gasteiger partial charge is 0.228 e. The van der Waals surface area contributed by atoms with E-state index in [1.54, 1.807) is 6.20 Å². The minimum atomic E-state index is -0.0603.